The summed E-state index contributed by atoms with van der Waals surface area (Å²) in [7, 11) is 0. The van der Waals surface area contributed by atoms with Gasteiger partial charge in [0.05, 0.1) is 0 Å². The molecular formula is C23H24N4O4. The molecule has 2 aliphatic heterocycles. The van der Waals surface area contributed by atoms with Gasteiger partial charge in [-0.05, 0) is 37.5 Å². The number of anilines is 1. The second-order valence-electron chi connectivity index (χ2n) is 8.06. The Hall–Kier alpha value is -3.26. The Kier molecular flexibility index (Phi) is 5.38. The van der Waals surface area contributed by atoms with Crippen LogP contribution in [0.1, 0.15) is 41.2 Å². The minimum Gasteiger partial charge on any atom is -0.422 e. The monoisotopic (exact) mass is 420 g/mol. The lowest BCUT2D eigenvalue weighted by atomic mass is 9.96. The predicted octanol–water partition coefficient (Wildman–Crippen LogP) is 2.49. The molecule has 1 unspecified atom stereocenters. The van der Waals surface area contributed by atoms with Gasteiger partial charge in [0.25, 0.3) is 5.91 Å². The van der Waals surface area contributed by atoms with Gasteiger partial charge in [0, 0.05) is 55.5 Å². The number of hydrogen-bond acceptors (Lipinski definition) is 7. The maximum absolute atomic E-state index is 12.7. The third-order valence-electron chi connectivity index (χ3n) is 6.00. The highest BCUT2D eigenvalue weighted by Crippen LogP contribution is 2.27. The summed E-state index contributed by atoms with van der Waals surface area (Å²) in [6, 6.07) is 10.6. The Morgan fingerprint density at radius 3 is 2.84 bits per heavy atom. The fraction of sp³-hybridized carbons (Fsp3) is 0.391. The van der Waals surface area contributed by atoms with Gasteiger partial charge in [0.1, 0.15) is 11.1 Å². The summed E-state index contributed by atoms with van der Waals surface area (Å²) in [4.78, 5) is 36.3. The van der Waals surface area contributed by atoms with E-state index in [1.807, 2.05) is 18.2 Å². The highest BCUT2D eigenvalue weighted by Gasteiger charge is 2.28. The van der Waals surface area contributed by atoms with Crippen molar-refractivity contribution in [2.75, 3.05) is 31.2 Å². The first-order valence-corrected chi connectivity index (χ1v) is 10.7. The number of amides is 1. The maximum atomic E-state index is 12.7. The second-order valence-corrected chi connectivity index (χ2v) is 8.06. The molecule has 0 bridgehead atoms. The third-order valence-corrected chi connectivity index (χ3v) is 6.00. The molecule has 5 rings (SSSR count). The summed E-state index contributed by atoms with van der Waals surface area (Å²) < 4.78 is 10.7. The Morgan fingerprint density at radius 1 is 1.13 bits per heavy atom. The molecule has 1 aromatic carbocycles. The largest absolute Gasteiger partial charge is 0.422 e. The molecule has 0 saturated carbocycles. The number of aromatic nitrogens is 2. The van der Waals surface area contributed by atoms with Gasteiger partial charge in [-0.1, -0.05) is 18.2 Å². The van der Waals surface area contributed by atoms with Crippen molar-refractivity contribution in [1.82, 2.24) is 15.3 Å². The van der Waals surface area contributed by atoms with E-state index in [4.69, 9.17) is 14.1 Å². The number of para-hydroxylation sites is 1. The first-order valence-electron chi connectivity index (χ1n) is 10.7. The Morgan fingerprint density at radius 2 is 1.97 bits per heavy atom. The van der Waals surface area contributed by atoms with E-state index >= 15 is 0 Å². The first-order chi connectivity index (χ1) is 15.2. The molecule has 0 aliphatic carbocycles. The second kappa shape index (κ2) is 8.47. The van der Waals surface area contributed by atoms with Crippen molar-refractivity contribution in [3.8, 4) is 0 Å². The number of nitrogens with zero attached hydrogens (tertiary/aromatic N) is 3. The number of benzene rings is 1. The van der Waals surface area contributed by atoms with Crippen LogP contribution in [0.3, 0.4) is 0 Å². The van der Waals surface area contributed by atoms with Gasteiger partial charge in [-0.15, -0.1) is 0 Å². The van der Waals surface area contributed by atoms with Crippen LogP contribution in [0.2, 0.25) is 0 Å². The number of carbonyl (C=O) groups is 1. The van der Waals surface area contributed by atoms with Gasteiger partial charge in [-0.3, -0.25) is 4.79 Å². The smallest absolute Gasteiger partial charge is 0.349 e. The van der Waals surface area contributed by atoms with E-state index in [1.165, 1.54) is 0 Å². The summed E-state index contributed by atoms with van der Waals surface area (Å²) in [5, 5.41) is 3.69. The van der Waals surface area contributed by atoms with Gasteiger partial charge in [0.15, 0.2) is 0 Å². The van der Waals surface area contributed by atoms with Crippen molar-refractivity contribution >= 4 is 22.8 Å². The van der Waals surface area contributed by atoms with E-state index in [-0.39, 0.29) is 11.6 Å². The molecule has 8 heteroatoms. The summed E-state index contributed by atoms with van der Waals surface area (Å²) in [5.41, 5.74) is 0.917. The minimum atomic E-state index is -0.626. The first kappa shape index (κ1) is 19.7. The molecule has 2 aliphatic rings. The maximum Gasteiger partial charge on any atom is 0.349 e. The topological polar surface area (TPSA) is 97.6 Å². The van der Waals surface area contributed by atoms with E-state index < -0.39 is 11.5 Å². The average Bonchev–Trinajstić information content (AvgIpc) is 3.28. The number of nitrogens with one attached hydrogen (secondary N) is 1. The summed E-state index contributed by atoms with van der Waals surface area (Å²) in [6.07, 6.45) is 4.52. The number of carbonyl (C=O) groups excluding carboxylic acids is 1. The van der Waals surface area contributed by atoms with Crippen molar-refractivity contribution < 1.29 is 13.9 Å². The molecule has 0 spiro atoms. The summed E-state index contributed by atoms with van der Waals surface area (Å²) >= 11 is 0. The molecule has 1 amide bonds. The van der Waals surface area contributed by atoms with E-state index in [0.29, 0.717) is 24.0 Å². The molecule has 1 N–H and O–H groups in total. The lowest BCUT2D eigenvalue weighted by Gasteiger charge is -2.23. The van der Waals surface area contributed by atoms with Crippen molar-refractivity contribution in [3.63, 3.8) is 0 Å². The van der Waals surface area contributed by atoms with Crippen molar-refractivity contribution in [2.45, 2.75) is 31.2 Å². The number of hydrogen-bond donors (Lipinski definition) is 1. The SMILES string of the molecule is O=C(NC1CCN(c2nccc(C3CCOCC3)n2)C1)c1cc2ccccc2oc1=O. The van der Waals surface area contributed by atoms with Crippen molar-refractivity contribution in [3.05, 3.63) is 64.3 Å². The van der Waals surface area contributed by atoms with Gasteiger partial charge < -0.3 is 19.4 Å². The van der Waals surface area contributed by atoms with E-state index in [2.05, 4.69) is 15.2 Å². The number of rotatable bonds is 4. The Bertz CT molecular complexity index is 1160. The number of fused-ring (bicyclic) bond motifs is 1. The van der Waals surface area contributed by atoms with Gasteiger partial charge >= 0.3 is 5.63 Å². The Balaban J connectivity index is 1.26. The normalized spacial score (nSPS) is 19.6. The molecule has 160 valence electrons. The highest BCUT2D eigenvalue weighted by atomic mass is 16.5. The van der Waals surface area contributed by atoms with Crippen LogP contribution in [0, 0.1) is 0 Å². The summed E-state index contributed by atoms with van der Waals surface area (Å²) in [5.74, 6) is 0.676. The van der Waals surface area contributed by atoms with Crippen LogP contribution in [0.25, 0.3) is 11.0 Å². The molecule has 4 heterocycles. The van der Waals surface area contributed by atoms with E-state index in [0.717, 1.165) is 50.1 Å². The van der Waals surface area contributed by atoms with Crippen LogP contribution < -0.4 is 15.8 Å². The quantitative estimate of drug-likeness (QED) is 0.648. The van der Waals surface area contributed by atoms with Crippen LogP contribution in [-0.4, -0.2) is 48.2 Å². The lowest BCUT2D eigenvalue weighted by Crippen LogP contribution is -2.39. The average molecular weight is 420 g/mol. The minimum absolute atomic E-state index is 0.0231. The van der Waals surface area contributed by atoms with E-state index in [9.17, 15) is 9.59 Å². The zero-order chi connectivity index (χ0) is 21.2. The molecule has 3 aromatic rings. The van der Waals surface area contributed by atoms with Crippen LogP contribution >= 0.6 is 0 Å². The standard InChI is InChI=1S/C23H24N4O4/c28-21(18-13-16-3-1-2-4-20(16)31-22(18)29)25-17-6-10-27(14-17)23-24-9-5-19(26-23)15-7-11-30-12-8-15/h1-5,9,13,15,17H,6-8,10-12,14H2,(H,25,28). The molecule has 2 saturated heterocycles. The molecule has 31 heavy (non-hydrogen) atoms. The van der Waals surface area contributed by atoms with Gasteiger partial charge in [-0.25, -0.2) is 14.8 Å². The third kappa shape index (κ3) is 4.16. The van der Waals surface area contributed by atoms with Gasteiger partial charge in [0.2, 0.25) is 5.95 Å². The fourth-order valence-electron chi connectivity index (χ4n) is 4.28. The van der Waals surface area contributed by atoms with Gasteiger partial charge in [-0.2, -0.15) is 0 Å². The lowest BCUT2D eigenvalue weighted by molar-refractivity contribution is 0.0845. The van der Waals surface area contributed by atoms with Crippen LogP contribution in [0.4, 0.5) is 5.95 Å². The molecule has 8 nitrogen and oxygen atoms in total. The molecule has 1 atom stereocenters. The zero-order valence-corrected chi connectivity index (χ0v) is 17.1. The van der Waals surface area contributed by atoms with Crippen molar-refractivity contribution in [1.29, 1.82) is 0 Å². The molecule has 0 radical (unpaired) electrons. The fourth-order valence-corrected chi connectivity index (χ4v) is 4.28. The van der Waals surface area contributed by atoms with Crippen LogP contribution in [0.15, 0.2) is 51.8 Å². The van der Waals surface area contributed by atoms with Crippen LogP contribution in [-0.2, 0) is 4.74 Å². The van der Waals surface area contributed by atoms with E-state index in [1.54, 1.807) is 24.4 Å². The number of ether oxygens (including phenoxy) is 1. The molecule has 2 fully saturated rings. The highest BCUT2D eigenvalue weighted by molar-refractivity contribution is 5.96. The molecular weight excluding hydrogens is 396 g/mol. The zero-order valence-electron chi connectivity index (χ0n) is 17.1. The summed E-state index contributed by atoms with van der Waals surface area (Å²) in [6.45, 7) is 2.88. The molecule has 2 aromatic heterocycles. The van der Waals surface area contributed by atoms with Crippen molar-refractivity contribution in [2.24, 2.45) is 0 Å². The van der Waals surface area contributed by atoms with Crippen LogP contribution in [0.5, 0.6) is 0 Å². The predicted molar refractivity (Wildman–Crippen MR) is 115 cm³/mol. The Labute approximate surface area is 179 Å².